The van der Waals surface area contributed by atoms with Gasteiger partial charge in [0.2, 0.25) is 5.78 Å². The van der Waals surface area contributed by atoms with Gasteiger partial charge in [0.25, 0.3) is 5.69 Å². The molecule has 0 aliphatic carbocycles. The van der Waals surface area contributed by atoms with Crippen molar-refractivity contribution in [2.24, 2.45) is 0 Å². The van der Waals surface area contributed by atoms with Crippen molar-refractivity contribution in [3.8, 4) is 0 Å². The summed E-state index contributed by atoms with van der Waals surface area (Å²) < 4.78 is 5.06. The van der Waals surface area contributed by atoms with Crippen LogP contribution in [0.4, 0.5) is 5.69 Å². The summed E-state index contributed by atoms with van der Waals surface area (Å²) in [5.41, 5.74) is 0.877. The van der Waals surface area contributed by atoms with Crippen LogP contribution in [0.3, 0.4) is 0 Å². The smallest absolute Gasteiger partial charge is 0.331 e. The molecule has 0 aromatic heterocycles. The molecule has 0 fully saturated rings. The van der Waals surface area contributed by atoms with E-state index in [1.807, 2.05) is 0 Å². The van der Waals surface area contributed by atoms with E-state index in [1.165, 1.54) is 31.2 Å². The fourth-order valence-electron chi connectivity index (χ4n) is 2.01. The molecule has 0 unspecified atom stereocenters. The van der Waals surface area contributed by atoms with Crippen molar-refractivity contribution in [2.75, 3.05) is 0 Å². The molecule has 0 N–H and O–H groups in total. The Labute approximate surface area is 138 Å². The molecule has 6 nitrogen and oxygen atoms in total. The number of hydrogen-bond donors (Lipinski definition) is 0. The fourth-order valence-corrected chi connectivity index (χ4v) is 2.01. The first-order valence-electron chi connectivity index (χ1n) is 7.20. The van der Waals surface area contributed by atoms with Crippen molar-refractivity contribution < 1.29 is 19.2 Å². The topological polar surface area (TPSA) is 86.5 Å². The molecule has 0 heterocycles. The highest BCUT2D eigenvalue weighted by molar-refractivity contribution is 6.01. The number of ketones is 1. The summed E-state index contributed by atoms with van der Waals surface area (Å²) in [6.07, 6.45) is 1.61. The van der Waals surface area contributed by atoms with Crippen molar-refractivity contribution in [3.63, 3.8) is 0 Å². The standard InChI is InChI=1S/C18H15NO5/c1-13(18(21)15-7-3-2-4-8-15)24-17(20)11-10-14-6-5-9-16(12-14)19(22)23/h2-13H,1H3/b11-10+/t13-/m1/s1. The van der Waals surface area contributed by atoms with E-state index in [0.717, 1.165) is 6.08 Å². The Morgan fingerprint density at radius 2 is 1.83 bits per heavy atom. The summed E-state index contributed by atoms with van der Waals surface area (Å²) in [5.74, 6) is -0.994. The van der Waals surface area contributed by atoms with Gasteiger partial charge >= 0.3 is 5.97 Å². The van der Waals surface area contributed by atoms with Gasteiger partial charge in [-0.3, -0.25) is 14.9 Å². The molecular weight excluding hydrogens is 310 g/mol. The van der Waals surface area contributed by atoms with Crippen LogP contribution >= 0.6 is 0 Å². The lowest BCUT2D eigenvalue weighted by Gasteiger charge is -2.10. The Hall–Kier alpha value is -3.28. The van der Waals surface area contributed by atoms with Crippen LogP contribution in [0, 0.1) is 10.1 Å². The highest BCUT2D eigenvalue weighted by Crippen LogP contribution is 2.14. The zero-order valence-corrected chi connectivity index (χ0v) is 12.9. The van der Waals surface area contributed by atoms with Crippen LogP contribution in [0.2, 0.25) is 0 Å². The van der Waals surface area contributed by atoms with E-state index in [-0.39, 0.29) is 11.5 Å². The molecule has 2 rings (SSSR count). The van der Waals surface area contributed by atoms with Gasteiger partial charge in [0, 0.05) is 23.8 Å². The van der Waals surface area contributed by atoms with Crippen LogP contribution in [-0.4, -0.2) is 22.8 Å². The van der Waals surface area contributed by atoms with Crippen LogP contribution in [-0.2, 0) is 9.53 Å². The average molecular weight is 325 g/mol. The summed E-state index contributed by atoms with van der Waals surface area (Å²) in [7, 11) is 0. The maximum Gasteiger partial charge on any atom is 0.331 e. The number of esters is 1. The third kappa shape index (κ3) is 4.61. The molecule has 6 heteroatoms. The molecule has 0 bridgehead atoms. The Morgan fingerprint density at radius 3 is 2.50 bits per heavy atom. The highest BCUT2D eigenvalue weighted by Gasteiger charge is 2.18. The Kier molecular flexibility index (Phi) is 5.57. The van der Waals surface area contributed by atoms with Crippen LogP contribution in [0.5, 0.6) is 0 Å². The second kappa shape index (κ2) is 7.82. The molecule has 0 amide bonds. The van der Waals surface area contributed by atoms with Gasteiger partial charge in [-0.2, -0.15) is 0 Å². The van der Waals surface area contributed by atoms with Crippen LogP contribution in [0.15, 0.2) is 60.7 Å². The van der Waals surface area contributed by atoms with Crippen molar-refractivity contribution in [3.05, 3.63) is 81.9 Å². The number of ether oxygens (including phenoxy) is 1. The van der Waals surface area contributed by atoms with Crippen LogP contribution < -0.4 is 0 Å². The molecule has 0 saturated heterocycles. The van der Waals surface area contributed by atoms with E-state index in [1.54, 1.807) is 36.4 Å². The number of non-ortho nitro benzene ring substituents is 1. The minimum atomic E-state index is -0.922. The van der Waals surface area contributed by atoms with Gasteiger partial charge in [0.15, 0.2) is 6.10 Å². The monoisotopic (exact) mass is 325 g/mol. The molecular formula is C18H15NO5. The van der Waals surface area contributed by atoms with E-state index in [0.29, 0.717) is 11.1 Å². The lowest BCUT2D eigenvalue weighted by Crippen LogP contribution is -2.23. The first-order valence-corrected chi connectivity index (χ1v) is 7.20. The Morgan fingerprint density at radius 1 is 1.12 bits per heavy atom. The molecule has 0 radical (unpaired) electrons. The summed E-state index contributed by atoms with van der Waals surface area (Å²) in [6.45, 7) is 1.49. The maximum absolute atomic E-state index is 12.1. The predicted molar refractivity (Wildman–Crippen MR) is 88.5 cm³/mol. The van der Waals surface area contributed by atoms with E-state index in [4.69, 9.17) is 4.74 Å². The highest BCUT2D eigenvalue weighted by atomic mass is 16.6. The summed E-state index contributed by atoms with van der Waals surface area (Å²) in [6, 6.07) is 14.4. The van der Waals surface area contributed by atoms with Gasteiger partial charge in [0.05, 0.1) is 4.92 Å². The molecule has 0 spiro atoms. The largest absolute Gasteiger partial charge is 0.451 e. The number of Topliss-reactive ketones (excluding diaryl/α,β-unsaturated/α-hetero) is 1. The number of carbonyl (C=O) groups is 2. The van der Waals surface area contributed by atoms with E-state index >= 15 is 0 Å². The molecule has 0 saturated carbocycles. The van der Waals surface area contributed by atoms with E-state index in [2.05, 4.69) is 0 Å². The average Bonchev–Trinajstić information content (AvgIpc) is 2.60. The zero-order chi connectivity index (χ0) is 17.5. The zero-order valence-electron chi connectivity index (χ0n) is 12.9. The molecule has 0 aliphatic rings. The van der Waals surface area contributed by atoms with Gasteiger partial charge in [0.1, 0.15) is 0 Å². The van der Waals surface area contributed by atoms with Gasteiger partial charge in [-0.1, -0.05) is 42.5 Å². The van der Waals surface area contributed by atoms with Crippen molar-refractivity contribution in [1.82, 2.24) is 0 Å². The lowest BCUT2D eigenvalue weighted by atomic mass is 10.1. The normalized spacial score (nSPS) is 11.9. The Bertz CT molecular complexity index is 783. The maximum atomic E-state index is 12.1. The molecule has 24 heavy (non-hydrogen) atoms. The molecule has 2 aromatic rings. The van der Waals surface area contributed by atoms with Crippen LogP contribution in [0.1, 0.15) is 22.8 Å². The van der Waals surface area contributed by atoms with Gasteiger partial charge in [-0.15, -0.1) is 0 Å². The summed E-state index contributed by atoms with van der Waals surface area (Å²) >= 11 is 0. The molecule has 1 atom stereocenters. The molecule has 0 aliphatic heterocycles. The number of rotatable bonds is 6. The molecule has 122 valence electrons. The number of benzene rings is 2. The minimum Gasteiger partial charge on any atom is -0.451 e. The number of nitro groups is 1. The summed E-state index contributed by atoms with van der Waals surface area (Å²) in [4.78, 5) is 34.1. The van der Waals surface area contributed by atoms with E-state index in [9.17, 15) is 19.7 Å². The second-order valence-corrected chi connectivity index (χ2v) is 4.99. The van der Waals surface area contributed by atoms with Gasteiger partial charge < -0.3 is 4.74 Å². The first kappa shape index (κ1) is 17.1. The SMILES string of the molecule is C[C@@H](OC(=O)/C=C/c1cccc([N+](=O)[O-])c1)C(=O)c1ccccc1. The van der Waals surface area contributed by atoms with Gasteiger partial charge in [-0.25, -0.2) is 4.79 Å². The minimum absolute atomic E-state index is 0.0712. The van der Waals surface area contributed by atoms with Crippen LogP contribution in [0.25, 0.3) is 6.08 Å². The second-order valence-electron chi connectivity index (χ2n) is 4.99. The summed E-state index contributed by atoms with van der Waals surface area (Å²) in [5, 5.41) is 10.7. The van der Waals surface area contributed by atoms with Crippen molar-refractivity contribution in [1.29, 1.82) is 0 Å². The Balaban J connectivity index is 1.98. The lowest BCUT2D eigenvalue weighted by molar-refractivity contribution is -0.384. The first-order chi connectivity index (χ1) is 11.5. The predicted octanol–water partition coefficient (Wildman–Crippen LogP) is 3.42. The fraction of sp³-hybridized carbons (Fsp3) is 0.111. The van der Waals surface area contributed by atoms with Crippen molar-refractivity contribution >= 4 is 23.5 Å². The number of nitrogens with zero attached hydrogens (tertiary/aromatic N) is 1. The third-order valence-electron chi connectivity index (χ3n) is 3.21. The third-order valence-corrected chi connectivity index (χ3v) is 3.21. The number of hydrogen-bond acceptors (Lipinski definition) is 5. The quantitative estimate of drug-likeness (QED) is 0.267. The molecule has 2 aromatic carbocycles. The van der Waals surface area contributed by atoms with Gasteiger partial charge in [-0.05, 0) is 18.6 Å². The number of nitro benzene ring substituents is 1. The van der Waals surface area contributed by atoms with Crippen molar-refractivity contribution in [2.45, 2.75) is 13.0 Å². The number of carbonyl (C=O) groups excluding carboxylic acids is 2. The van der Waals surface area contributed by atoms with E-state index < -0.39 is 17.0 Å².